The van der Waals surface area contributed by atoms with E-state index in [9.17, 15) is 0 Å². The van der Waals surface area contributed by atoms with Crippen LogP contribution >= 0.6 is 0 Å². The van der Waals surface area contributed by atoms with Crippen molar-refractivity contribution in [2.24, 2.45) is 4.99 Å². The molecule has 0 spiro atoms. The molecule has 0 aliphatic heterocycles. The normalized spacial score (nSPS) is 11.6. The summed E-state index contributed by atoms with van der Waals surface area (Å²) in [4.78, 5) is 6.44. The number of hydrogen-bond donors (Lipinski definition) is 2. The molecule has 2 rings (SSSR count). The van der Waals surface area contributed by atoms with E-state index in [0.717, 1.165) is 55.7 Å². The third-order valence-electron chi connectivity index (χ3n) is 4.24. The Hall–Kier alpha value is -2.51. The summed E-state index contributed by atoms with van der Waals surface area (Å²) in [6.45, 7) is 4.56. The zero-order valence-electron chi connectivity index (χ0n) is 17.1. The van der Waals surface area contributed by atoms with E-state index in [-0.39, 0.29) is 0 Å². The van der Waals surface area contributed by atoms with E-state index in [1.54, 1.807) is 20.4 Å². The number of nitrogens with one attached hydrogen (secondary N) is 2. The maximum absolute atomic E-state index is 5.87. The van der Waals surface area contributed by atoms with Crippen molar-refractivity contribution in [1.82, 2.24) is 15.5 Å². The van der Waals surface area contributed by atoms with Gasteiger partial charge in [-0.25, -0.2) is 0 Å². The minimum absolute atomic E-state index is 0.646. The molecule has 0 radical (unpaired) electrons. The van der Waals surface area contributed by atoms with Crippen molar-refractivity contribution < 1.29 is 13.9 Å². The van der Waals surface area contributed by atoms with Gasteiger partial charge in [-0.3, -0.25) is 4.99 Å². The molecule has 28 heavy (non-hydrogen) atoms. The molecule has 0 fully saturated rings. The van der Waals surface area contributed by atoms with E-state index in [0.29, 0.717) is 13.2 Å². The van der Waals surface area contributed by atoms with Crippen LogP contribution in [0.15, 0.2) is 52.1 Å². The summed E-state index contributed by atoms with van der Waals surface area (Å²) in [6, 6.07) is 12.0. The average molecular weight is 389 g/mol. The molecule has 0 aliphatic rings. The number of rotatable bonds is 12. The summed E-state index contributed by atoms with van der Waals surface area (Å²) >= 11 is 0. The Labute approximate surface area is 167 Å². The lowest BCUT2D eigenvalue weighted by Gasteiger charge is -2.16. The van der Waals surface area contributed by atoms with Gasteiger partial charge in [0.25, 0.3) is 0 Å². The lowest BCUT2D eigenvalue weighted by atomic mass is 10.2. The predicted octanol–water partition coefficient (Wildman–Crippen LogP) is 2.14. The molecule has 1 aromatic carbocycles. The number of hydrogen-bond acceptors (Lipinski definition) is 5. The van der Waals surface area contributed by atoms with Crippen molar-refractivity contribution in [2.45, 2.75) is 13.0 Å². The van der Waals surface area contributed by atoms with Gasteiger partial charge >= 0.3 is 0 Å². The number of aliphatic imine (C=N–C) groups is 1. The van der Waals surface area contributed by atoms with Crippen LogP contribution in [0.1, 0.15) is 11.3 Å². The zero-order chi connectivity index (χ0) is 20.0. The monoisotopic (exact) mass is 388 g/mol. The SMILES string of the molecule is CN=C(NCCc1ccco1)NCc1cccc(OCCN(C)CCOC)c1. The number of ether oxygens (including phenoxy) is 2. The minimum atomic E-state index is 0.646. The summed E-state index contributed by atoms with van der Waals surface area (Å²) in [5.74, 6) is 2.60. The van der Waals surface area contributed by atoms with Crippen molar-refractivity contribution >= 4 is 5.96 Å². The van der Waals surface area contributed by atoms with Crippen LogP contribution in [0, 0.1) is 0 Å². The quantitative estimate of drug-likeness (QED) is 0.429. The van der Waals surface area contributed by atoms with Gasteiger partial charge in [-0.15, -0.1) is 0 Å². The molecule has 2 N–H and O–H groups in total. The first kappa shape index (κ1) is 21.8. The second kappa shape index (κ2) is 12.8. The Balaban J connectivity index is 1.70. The second-order valence-electron chi connectivity index (χ2n) is 6.47. The molecule has 0 unspecified atom stereocenters. The van der Waals surface area contributed by atoms with Gasteiger partial charge in [0, 0.05) is 46.8 Å². The Bertz CT molecular complexity index is 689. The molecular weight excluding hydrogens is 356 g/mol. The Kier molecular flexibility index (Phi) is 9.96. The Morgan fingerprint density at radius 2 is 2.00 bits per heavy atom. The van der Waals surface area contributed by atoms with Gasteiger partial charge in [0.05, 0.1) is 12.9 Å². The van der Waals surface area contributed by atoms with Gasteiger partial charge in [0.15, 0.2) is 5.96 Å². The number of methoxy groups -OCH3 is 1. The van der Waals surface area contributed by atoms with Crippen LogP contribution < -0.4 is 15.4 Å². The molecule has 0 saturated heterocycles. The van der Waals surface area contributed by atoms with Crippen molar-refractivity contribution in [2.75, 3.05) is 54.1 Å². The highest BCUT2D eigenvalue weighted by atomic mass is 16.5. The van der Waals surface area contributed by atoms with Crippen molar-refractivity contribution in [1.29, 1.82) is 0 Å². The molecule has 1 aromatic heterocycles. The average Bonchev–Trinajstić information content (AvgIpc) is 3.23. The molecule has 154 valence electrons. The lowest BCUT2D eigenvalue weighted by molar-refractivity contribution is 0.150. The van der Waals surface area contributed by atoms with Crippen molar-refractivity contribution in [3.8, 4) is 5.75 Å². The summed E-state index contributed by atoms with van der Waals surface area (Å²) in [5, 5.41) is 6.61. The number of benzene rings is 1. The van der Waals surface area contributed by atoms with Gasteiger partial charge in [0.2, 0.25) is 0 Å². The third-order valence-corrected chi connectivity index (χ3v) is 4.24. The molecule has 2 aromatic rings. The molecular formula is C21H32N4O3. The molecule has 0 aliphatic carbocycles. The largest absolute Gasteiger partial charge is 0.492 e. The van der Waals surface area contributed by atoms with E-state index in [1.165, 1.54) is 0 Å². The van der Waals surface area contributed by atoms with Crippen molar-refractivity contribution in [3.63, 3.8) is 0 Å². The molecule has 0 saturated carbocycles. The van der Waals surface area contributed by atoms with E-state index in [4.69, 9.17) is 13.9 Å². The first-order chi connectivity index (χ1) is 13.7. The first-order valence-electron chi connectivity index (χ1n) is 9.57. The third kappa shape index (κ3) is 8.45. The Morgan fingerprint density at radius 1 is 1.14 bits per heavy atom. The highest BCUT2D eigenvalue weighted by molar-refractivity contribution is 5.79. The van der Waals surface area contributed by atoms with Crippen LogP contribution in [0.5, 0.6) is 5.75 Å². The maximum atomic E-state index is 5.87. The minimum Gasteiger partial charge on any atom is -0.492 e. The number of furan rings is 1. The number of guanidine groups is 1. The zero-order valence-corrected chi connectivity index (χ0v) is 17.1. The van der Waals surface area contributed by atoms with Crippen LogP contribution in [0.4, 0.5) is 0 Å². The predicted molar refractivity (Wildman–Crippen MR) is 112 cm³/mol. The van der Waals surface area contributed by atoms with Crippen LogP contribution in [0.2, 0.25) is 0 Å². The van der Waals surface area contributed by atoms with E-state index >= 15 is 0 Å². The summed E-state index contributed by atoms with van der Waals surface area (Å²) in [7, 11) is 5.54. The smallest absolute Gasteiger partial charge is 0.191 e. The van der Waals surface area contributed by atoms with Gasteiger partial charge in [-0.2, -0.15) is 0 Å². The van der Waals surface area contributed by atoms with Gasteiger partial charge in [0.1, 0.15) is 18.1 Å². The molecule has 7 nitrogen and oxygen atoms in total. The fourth-order valence-corrected chi connectivity index (χ4v) is 2.59. The number of likely N-dealkylation sites (N-methyl/N-ethyl adjacent to an activating group) is 1. The Morgan fingerprint density at radius 3 is 2.75 bits per heavy atom. The molecule has 0 atom stereocenters. The highest BCUT2D eigenvalue weighted by Gasteiger charge is 2.03. The number of nitrogens with zero attached hydrogens (tertiary/aromatic N) is 2. The van der Waals surface area contributed by atoms with Gasteiger partial charge in [-0.05, 0) is 36.9 Å². The van der Waals surface area contributed by atoms with Crippen LogP contribution in [-0.4, -0.2) is 64.9 Å². The molecule has 0 bridgehead atoms. The van der Waals surface area contributed by atoms with Gasteiger partial charge < -0.3 is 29.4 Å². The van der Waals surface area contributed by atoms with Crippen LogP contribution in [-0.2, 0) is 17.7 Å². The fraction of sp³-hybridized carbons (Fsp3) is 0.476. The standard InChI is InChI=1S/C21H32N4O3/c1-22-21(23-10-9-19-8-5-13-27-19)24-17-18-6-4-7-20(16-18)28-15-12-25(2)11-14-26-3/h4-8,13,16H,9-12,14-15,17H2,1-3H3,(H2,22,23,24). The van der Waals surface area contributed by atoms with Gasteiger partial charge in [-0.1, -0.05) is 12.1 Å². The molecule has 0 amide bonds. The first-order valence-corrected chi connectivity index (χ1v) is 9.57. The molecule has 1 heterocycles. The lowest BCUT2D eigenvalue weighted by Crippen LogP contribution is -2.37. The maximum Gasteiger partial charge on any atom is 0.191 e. The summed E-state index contributed by atoms with van der Waals surface area (Å²) in [5.41, 5.74) is 1.14. The van der Waals surface area contributed by atoms with Crippen molar-refractivity contribution in [3.05, 3.63) is 54.0 Å². The van der Waals surface area contributed by atoms with Crippen LogP contribution in [0.25, 0.3) is 0 Å². The van der Waals surface area contributed by atoms with E-state index < -0.39 is 0 Å². The summed E-state index contributed by atoms with van der Waals surface area (Å²) in [6.07, 6.45) is 2.50. The van der Waals surface area contributed by atoms with E-state index in [2.05, 4.69) is 39.7 Å². The summed E-state index contributed by atoms with van der Waals surface area (Å²) < 4.78 is 16.3. The van der Waals surface area contributed by atoms with E-state index in [1.807, 2.05) is 24.3 Å². The molecule has 7 heteroatoms. The fourth-order valence-electron chi connectivity index (χ4n) is 2.59. The van der Waals surface area contributed by atoms with Crippen LogP contribution in [0.3, 0.4) is 0 Å². The topological polar surface area (TPSA) is 71.3 Å². The second-order valence-corrected chi connectivity index (χ2v) is 6.47. The highest BCUT2D eigenvalue weighted by Crippen LogP contribution is 2.13.